The number of hydrogen-bond donors (Lipinski definition) is 2. The van der Waals surface area contributed by atoms with Crippen molar-refractivity contribution in [1.82, 2.24) is 20.4 Å². The summed E-state index contributed by atoms with van der Waals surface area (Å²) in [5.74, 6) is 0.367. The Morgan fingerprint density at radius 2 is 2.32 bits per heavy atom. The second-order valence-corrected chi connectivity index (χ2v) is 4.31. The Kier molecular flexibility index (Phi) is 10.1. The molecule has 0 bridgehead atoms. The summed E-state index contributed by atoms with van der Waals surface area (Å²) < 4.78 is 6.75. The Hall–Kier alpha value is -1.11. The molecule has 110 valence electrons. The number of rotatable bonds is 9. The molecule has 0 aliphatic rings. The van der Waals surface area contributed by atoms with Gasteiger partial charge in [-0.15, -0.1) is 12.4 Å². The summed E-state index contributed by atoms with van der Waals surface area (Å²) >= 11 is 0. The van der Waals surface area contributed by atoms with Gasteiger partial charge in [0.2, 0.25) is 5.91 Å². The minimum Gasteiger partial charge on any atom is -0.383 e. The molecule has 1 heterocycles. The molecule has 0 aliphatic heterocycles. The minimum atomic E-state index is 0. The Balaban J connectivity index is 0.00000324. The van der Waals surface area contributed by atoms with Crippen molar-refractivity contribution in [2.45, 2.75) is 13.5 Å². The highest BCUT2D eigenvalue weighted by atomic mass is 35.5. The molecule has 1 atom stereocenters. The van der Waals surface area contributed by atoms with Crippen molar-refractivity contribution in [3.05, 3.63) is 18.5 Å². The number of amides is 1. The highest BCUT2D eigenvalue weighted by Gasteiger charge is 2.06. The van der Waals surface area contributed by atoms with Gasteiger partial charge in [0.25, 0.3) is 0 Å². The van der Waals surface area contributed by atoms with Gasteiger partial charge in [-0.25, -0.2) is 0 Å². The maximum Gasteiger partial charge on any atom is 0.233 e. The summed E-state index contributed by atoms with van der Waals surface area (Å²) in [6.07, 6.45) is 3.68. The van der Waals surface area contributed by atoms with Crippen molar-refractivity contribution >= 4 is 18.3 Å². The molecule has 19 heavy (non-hydrogen) atoms. The first kappa shape index (κ1) is 17.9. The molecule has 1 aromatic heterocycles. The van der Waals surface area contributed by atoms with Crippen molar-refractivity contribution in [3.8, 4) is 0 Å². The highest BCUT2D eigenvalue weighted by molar-refractivity contribution is 5.85. The zero-order valence-corrected chi connectivity index (χ0v) is 12.3. The van der Waals surface area contributed by atoms with Crippen LogP contribution in [0.15, 0.2) is 18.5 Å². The van der Waals surface area contributed by atoms with E-state index in [1.807, 2.05) is 16.9 Å². The first-order valence-electron chi connectivity index (χ1n) is 6.16. The van der Waals surface area contributed by atoms with Gasteiger partial charge < -0.3 is 15.4 Å². The zero-order chi connectivity index (χ0) is 13.2. The molecule has 1 aromatic rings. The number of hydrogen-bond acceptors (Lipinski definition) is 4. The fourth-order valence-electron chi connectivity index (χ4n) is 1.52. The molecule has 0 saturated carbocycles. The largest absolute Gasteiger partial charge is 0.383 e. The van der Waals surface area contributed by atoms with Gasteiger partial charge >= 0.3 is 0 Å². The van der Waals surface area contributed by atoms with Crippen LogP contribution in [-0.2, 0) is 16.1 Å². The van der Waals surface area contributed by atoms with Crippen molar-refractivity contribution < 1.29 is 9.53 Å². The van der Waals surface area contributed by atoms with Crippen LogP contribution >= 0.6 is 12.4 Å². The van der Waals surface area contributed by atoms with E-state index in [4.69, 9.17) is 4.74 Å². The van der Waals surface area contributed by atoms with Crippen LogP contribution in [-0.4, -0.2) is 49.0 Å². The first-order chi connectivity index (χ1) is 8.72. The molecule has 1 unspecified atom stereocenters. The Labute approximate surface area is 120 Å². The lowest BCUT2D eigenvalue weighted by Gasteiger charge is -2.13. The molecule has 7 heteroatoms. The maximum absolute atomic E-state index is 11.5. The number of ether oxygens (including phenoxy) is 1. The topological polar surface area (TPSA) is 68.2 Å². The molecular weight excluding hydrogens is 268 g/mol. The van der Waals surface area contributed by atoms with E-state index in [0.29, 0.717) is 32.2 Å². The third-order valence-corrected chi connectivity index (χ3v) is 2.47. The summed E-state index contributed by atoms with van der Waals surface area (Å²) in [5, 5.41) is 10.0. The van der Waals surface area contributed by atoms with Crippen LogP contribution in [0.2, 0.25) is 0 Å². The van der Waals surface area contributed by atoms with E-state index in [9.17, 15) is 4.79 Å². The predicted molar refractivity (Wildman–Crippen MR) is 76.4 cm³/mol. The molecule has 6 nitrogen and oxygen atoms in total. The molecule has 2 N–H and O–H groups in total. The number of carbonyl (C=O) groups is 1. The summed E-state index contributed by atoms with van der Waals surface area (Å²) in [7, 11) is 1.64. The Morgan fingerprint density at radius 3 is 2.95 bits per heavy atom. The second-order valence-electron chi connectivity index (χ2n) is 4.31. The molecule has 1 rings (SSSR count). The lowest BCUT2D eigenvalue weighted by Crippen LogP contribution is -2.37. The lowest BCUT2D eigenvalue weighted by atomic mass is 10.2. The predicted octanol–water partition coefficient (Wildman–Crippen LogP) is 0.293. The Bertz CT molecular complexity index is 332. The van der Waals surface area contributed by atoms with Gasteiger partial charge in [-0.1, -0.05) is 6.92 Å². The van der Waals surface area contributed by atoms with E-state index in [1.54, 1.807) is 13.3 Å². The molecule has 1 amide bonds. The van der Waals surface area contributed by atoms with Crippen LogP contribution in [0, 0.1) is 5.92 Å². The number of halogens is 1. The fraction of sp³-hybridized carbons (Fsp3) is 0.667. The van der Waals surface area contributed by atoms with E-state index in [1.165, 1.54) is 0 Å². The van der Waals surface area contributed by atoms with Crippen LogP contribution in [0.1, 0.15) is 6.92 Å². The standard InChI is InChI=1S/C12H22N4O2.ClH/c1-11(10-16-6-3-4-15-16)8-14-12(17)9-13-5-7-18-2;/h3-4,6,11,13H,5,7-10H2,1-2H3,(H,14,17);1H. The summed E-state index contributed by atoms with van der Waals surface area (Å²) in [5.41, 5.74) is 0. The van der Waals surface area contributed by atoms with Crippen LogP contribution < -0.4 is 10.6 Å². The molecular formula is C12H23ClN4O2. The summed E-state index contributed by atoms with van der Waals surface area (Å²) in [4.78, 5) is 11.5. The lowest BCUT2D eigenvalue weighted by molar-refractivity contribution is -0.120. The maximum atomic E-state index is 11.5. The van der Waals surface area contributed by atoms with E-state index in [0.717, 1.165) is 6.54 Å². The third kappa shape index (κ3) is 8.58. The molecule has 0 aromatic carbocycles. The fourth-order valence-corrected chi connectivity index (χ4v) is 1.52. The van der Waals surface area contributed by atoms with Crippen molar-refractivity contribution in [3.63, 3.8) is 0 Å². The van der Waals surface area contributed by atoms with Crippen LogP contribution in [0.25, 0.3) is 0 Å². The molecule has 0 aliphatic carbocycles. The van der Waals surface area contributed by atoms with E-state index < -0.39 is 0 Å². The van der Waals surface area contributed by atoms with Gasteiger partial charge in [-0.2, -0.15) is 5.10 Å². The Morgan fingerprint density at radius 1 is 1.53 bits per heavy atom. The van der Waals surface area contributed by atoms with E-state index in [-0.39, 0.29) is 18.3 Å². The van der Waals surface area contributed by atoms with Gasteiger partial charge in [-0.3, -0.25) is 9.48 Å². The smallest absolute Gasteiger partial charge is 0.233 e. The quantitative estimate of drug-likeness (QED) is 0.642. The van der Waals surface area contributed by atoms with E-state index >= 15 is 0 Å². The van der Waals surface area contributed by atoms with Crippen LogP contribution in [0.5, 0.6) is 0 Å². The van der Waals surface area contributed by atoms with Crippen molar-refractivity contribution in [2.75, 3.05) is 33.4 Å². The van der Waals surface area contributed by atoms with Crippen molar-refractivity contribution in [1.29, 1.82) is 0 Å². The summed E-state index contributed by atoms with van der Waals surface area (Å²) in [6.45, 7) is 5.18. The first-order valence-corrected chi connectivity index (χ1v) is 6.16. The molecule has 0 fully saturated rings. The number of carbonyl (C=O) groups excluding carboxylic acids is 1. The van der Waals surface area contributed by atoms with Crippen molar-refractivity contribution in [2.24, 2.45) is 5.92 Å². The zero-order valence-electron chi connectivity index (χ0n) is 11.5. The monoisotopic (exact) mass is 290 g/mol. The summed E-state index contributed by atoms with van der Waals surface area (Å²) in [6, 6.07) is 1.89. The normalized spacial score (nSPS) is 11.7. The van der Waals surface area contributed by atoms with Gasteiger partial charge in [0.05, 0.1) is 13.2 Å². The van der Waals surface area contributed by atoms with Gasteiger partial charge in [0, 0.05) is 39.1 Å². The van der Waals surface area contributed by atoms with Gasteiger partial charge in [0.1, 0.15) is 0 Å². The highest BCUT2D eigenvalue weighted by Crippen LogP contribution is 1.97. The molecule has 0 radical (unpaired) electrons. The molecule has 0 spiro atoms. The number of aromatic nitrogens is 2. The minimum absolute atomic E-state index is 0. The number of nitrogens with one attached hydrogen (secondary N) is 2. The average Bonchev–Trinajstić information content (AvgIpc) is 2.85. The van der Waals surface area contributed by atoms with E-state index in [2.05, 4.69) is 22.7 Å². The van der Waals surface area contributed by atoms with Gasteiger partial charge in [-0.05, 0) is 12.0 Å². The number of methoxy groups -OCH3 is 1. The second kappa shape index (κ2) is 10.8. The van der Waals surface area contributed by atoms with Crippen LogP contribution in [0.3, 0.4) is 0 Å². The van der Waals surface area contributed by atoms with Crippen LogP contribution in [0.4, 0.5) is 0 Å². The average molecular weight is 291 g/mol. The molecule has 0 saturated heterocycles. The van der Waals surface area contributed by atoms with Gasteiger partial charge in [0.15, 0.2) is 0 Å². The number of nitrogens with zero attached hydrogens (tertiary/aromatic N) is 2. The third-order valence-electron chi connectivity index (χ3n) is 2.47. The SMILES string of the molecule is COCCNCC(=O)NCC(C)Cn1cccn1.Cl.